The van der Waals surface area contributed by atoms with Gasteiger partial charge in [0.05, 0.1) is 6.26 Å². The molecule has 1 amide bonds. The van der Waals surface area contributed by atoms with Crippen LogP contribution in [0, 0.1) is 13.8 Å². The van der Waals surface area contributed by atoms with Gasteiger partial charge < -0.3 is 20.2 Å². The van der Waals surface area contributed by atoms with Crippen LogP contribution in [-0.2, 0) is 11.3 Å². The van der Waals surface area contributed by atoms with Crippen LogP contribution < -0.4 is 11.1 Å². The van der Waals surface area contributed by atoms with E-state index in [1.165, 1.54) is 5.56 Å². The van der Waals surface area contributed by atoms with Gasteiger partial charge in [0.15, 0.2) is 0 Å². The third-order valence-electron chi connectivity index (χ3n) is 6.64. The lowest BCUT2D eigenvalue weighted by molar-refractivity contribution is 0.0857. The van der Waals surface area contributed by atoms with Crippen LogP contribution >= 0.6 is 0 Å². The smallest absolute Gasteiger partial charge is 0.251 e. The molecule has 2 aliphatic rings. The second-order valence-electron chi connectivity index (χ2n) is 8.67. The van der Waals surface area contributed by atoms with Crippen molar-refractivity contribution in [2.24, 2.45) is 0 Å². The topological polar surface area (TPSA) is 90.4 Å². The summed E-state index contributed by atoms with van der Waals surface area (Å²) in [7, 11) is 0. The first-order chi connectivity index (χ1) is 16.0. The van der Waals surface area contributed by atoms with Gasteiger partial charge in [-0.2, -0.15) is 0 Å². The van der Waals surface area contributed by atoms with Crippen molar-refractivity contribution < 1.29 is 13.9 Å². The lowest BCUT2D eigenvalue weighted by Gasteiger charge is -2.17. The first-order valence-corrected chi connectivity index (χ1v) is 11.0. The number of anilines is 1. The van der Waals surface area contributed by atoms with Crippen LogP contribution in [0.2, 0.25) is 0 Å². The summed E-state index contributed by atoms with van der Waals surface area (Å²) in [6.45, 7) is 4.28. The molecule has 6 rings (SSSR count). The molecule has 33 heavy (non-hydrogen) atoms. The first kappa shape index (κ1) is 19.8. The fraction of sp³-hybridized carbons (Fsp3) is 0.185. The molecule has 2 atom stereocenters. The minimum atomic E-state index is -0.173. The number of hydrogen-bond donors (Lipinski definition) is 2. The Bertz CT molecular complexity index is 1390. The maximum Gasteiger partial charge on any atom is 0.251 e. The number of nitrogens with zero attached hydrogens (tertiary/aromatic N) is 1. The molecule has 0 aliphatic carbocycles. The molecule has 6 nitrogen and oxygen atoms in total. The number of amides is 1. The Labute approximate surface area is 191 Å². The van der Waals surface area contributed by atoms with Crippen molar-refractivity contribution in [3.8, 4) is 11.3 Å². The van der Waals surface area contributed by atoms with Crippen LogP contribution in [0.5, 0.6) is 0 Å². The maximum atomic E-state index is 13.0. The molecule has 2 aliphatic heterocycles. The van der Waals surface area contributed by atoms with E-state index in [0.717, 1.165) is 44.8 Å². The van der Waals surface area contributed by atoms with Gasteiger partial charge >= 0.3 is 0 Å². The van der Waals surface area contributed by atoms with Gasteiger partial charge in [-0.1, -0.05) is 18.2 Å². The van der Waals surface area contributed by atoms with E-state index in [-0.39, 0.29) is 18.1 Å². The number of fused-ring (bicyclic) bond motifs is 8. The molecule has 0 saturated carbocycles. The quantitative estimate of drug-likeness (QED) is 0.469. The summed E-state index contributed by atoms with van der Waals surface area (Å²) >= 11 is 0. The molecular weight excluding hydrogens is 414 g/mol. The average molecular weight is 437 g/mol. The number of nitrogens with one attached hydrogen (secondary N) is 1. The van der Waals surface area contributed by atoms with E-state index in [4.69, 9.17) is 14.9 Å². The standard InChI is InChI=1S/C27H23N3O3/c1-14-10-24(28)30-15(2)22(14)13-29-27(31)17-6-8-19-21(12-17)26-20-11-16(23-4-3-9-32-23)5-7-18(20)25(19)33-26/h3-12,25-26H,13H2,1-2H3,(H2,28,30)(H,29,31). The highest BCUT2D eigenvalue weighted by atomic mass is 16.5. The molecule has 6 heteroatoms. The van der Waals surface area contributed by atoms with Gasteiger partial charge in [-0.05, 0) is 83.6 Å². The summed E-state index contributed by atoms with van der Waals surface area (Å²) < 4.78 is 11.9. The average Bonchev–Trinajstić information content (AvgIpc) is 3.53. The summed E-state index contributed by atoms with van der Waals surface area (Å²) in [4.78, 5) is 17.3. The number of nitrogens with two attached hydrogens (primary N) is 1. The highest BCUT2D eigenvalue weighted by Gasteiger charge is 2.43. The Hall–Kier alpha value is -3.90. The van der Waals surface area contributed by atoms with Crippen molar-refractivity contribution in [2.75, 3.05) is 5.73 Å². The van der Waals surface area contributed by atoms with Gasteiger partial charge in [0.25, 0.3) is 5.91 Å². The molecule has 2 bridgehead atoms. The van der Waals surface area contributed by atoms with Gasteiger partial charge in [0.1, 0.15) is 23.8 Å². The van der Waals surface area contributed by atoms with Crippen LogP contribution in [0.4, 0.5) is 5.82 Å². The van der Waals surface area contributed by atoms with Crippen LogP contribution in [-0.4, -0.2) is 10.9 Å². The van der Waals surface area contributed by atoms with Gasteiger partial charge in [0.2, 0.25) is 0 Å². The fourth-order valence-corrected chi connectivity index (χ4v) is 5.01. The Morgan fingerprint density at radius 3 is 2.52 bits per heavy atom. The third kappa shape index (κ3) is 3.14. The fourth-order valence-electron chi connectivity index (χ4n) is 5.01. The predicted molar refractivity (Wildman–Crippen MR) is 125 cm³/mol. The van der Waals surface area contributed by atoms with E-state index in [1.807, 2.05) is 50.2 Å². The van der Waals surface area contributed by atoms with Crippen molar-refractivity contribution in [3.63, 3.8) is 0 Å². The Kier molecular flexibility index (Phi) is 4.38. The minimum Gasteiger partial charge on any atom is -0.464 e. The molecule has 0 spiro atoms. The molecule has 0 saturated heterocycles. The monoisotopic (exact) mass is 437 g/mol. The number of furan rings is 1. The van der Waals surface area contributed by atoms with Crippen LogP contribution in [0.1, 0.15) is 61.6 Å². The zero-order valence-corrected chi connectivity index (χ0v) is 18.4. The van der Waals surface area contributed by atoms with Gasteiger partial charge in [0, 0.05) is 23.4 Å². The van der Waals surface area contributed by atoms with Gasteiger partial charge in [-0.3, -0.25) is 4.79 Å². The normalized spacial score (nSPS) is 17.6. The Morgan fingerprint density at radius 1 is 1.00 bits per heavy atom. The summed E-state index contributed by atoms with van der Waals surface area (Å²) in [6, 6.07) is 17.8. The van der Waals surface area contributed by atoms with E-state index in [9.17, 15) is 4.79 Å². The first-order valence-electron chi connectivity index (χ1n) is 11.0. The summed E-state index contributed by atoms with van der Waals surface area (Å²) in [5, 5.41) is 3.03. The SMILES string of the molecule is Cc1cc(N)nc(C)c1CNC(=O)c1ccc2c(c1)C1OC2c2ccc(-c3ccco3)cc21. The van der Waals surface area contributed by atoms with Crippen molar-refractivity contribution >= 4 is 11.7 Å². The third-order valence-corrected chi connectivity index (χ3v) is 6.64. The minimum absolute atomic E-state index is 0.0890. The van der Waals surface area contributed by atoms with Crippen molar-refractivity contribution in [3.05, 3.63) is 105 Å². The van der Waals surface area contributed by atoms with Gasteiger partial charge in [-0.15, -0.1) is 0 Å². The van der Waals surface area contributed by atoms with Crippen LogP contribution in [0.25, 0.3) is 11.3 Å². The number of ether oxygens (including phenoxy) is 1. The molecule has 2 aromatic carbocycles. The molecule has 4 heterocycles. The molecule has 0 fully saturated rings. The van der Waals surface area contributed by atoms with Gasteiger partial charge in [-0.25, -0.2) is 4.98 Å². The van der Waals surface area contributed by atoms with Crippen molar-refractivity contribution in [1.82, 2.24) is 10.3 Å². The second kappa shape index (κ2) is 7.32. The van der Waals surface area contributed by atoms with Crippen LogP contribution in [0.3, 0.4) is 0 Å². The molecular formula is C27H23N3O3. The number of aromatic nitrogens is 1. The molecule has 164 valence electrons. The lowest BCUT2D eigenvalue weighted by atomic mass is 9.84. The number of benzene rings is 2. The second-order valence-corrected chi connectivity index (χ2v) is 8.67. The summed E-state index contributed by atoms with van der Waals surface area (Å²) in [5.41, 5.74) is 14.8. The number of rotatable bonds is 4. The number of pyridine rings is 1. The van der Waals surface area contributed by atoms with Crippen LogP contribution in [0.15, 0.2) is 65.3 Å². The van der Waals surface area contributed by atoms with E-state index in [2.05, 4.69) is 28.5 Å². The van der Waals surface area contributed by atoms with E-state index >= 15 is 0 Å². The number of hydrogen-bond acceptors (Lipinski definition) is 5. The zero-order valence-electron chi connectivity index (χ0n) is 18.4. The highest BCUT2D eigenvalue weighted by Crippen LogP contribution is 2.54. The molecule has 3 N–H and O–H groups in total. The summed E-state index contributed by atoms with van der Waals surface area (Å²) in [5.74, 6) is 1.20. The zero-order chi connectivity index (χ0) is 22.7. The molecule has 4 aromatic rings. The van der Waals surface area contributed by atoms with E-state index < -0.39 is 0 Å². The van der Waals surface area contributed by atoms with E-state index in [1.54, 1.807) is 6.26 Å². The number of carbonyl (C=O) groups is 1. The Morgan fingerprint density at radius 2 is 1.76 bits per heavy atom. The number of aryl methyl sites for hydroxylation is 2. The van der Waals surface area contributed by atoms with Crippen molar-refractivity contribution in [2.45, 2.75) is 32.6 Å². The number of carbonyl (C=O) groups excluding carboxylic acids is 1. The van der Waals surface area contributed by atoms with Crippen molar-refractivity contribution in [1.29, 1.82) is 0 Å². The predicted octanol–water partition coefficient (Wildman–Crippen LogP) is 4.99. The largest absolute Gasteiger partial charge is 0.464 e. The number of nitrogen functional groups attached to an aromatic ring is 1. The Balaban J connectivity index is 1.26. The summed E-state index contributed by atoms with van der Waals surface area (Å²) in [6.07, 6.45) is 1.41. The molecule has 2 aromatic heterocycles. The molecule has 2 unspecified atom stereocenters. The maximum absolute atomic E-state index is 13.0. The lowest BCUT2D eigenvalue weighted by Crippen LogP contribution is -2.24. The highest BCUT2D eigenvalue weighted by molar-refractivity contribution is 5.94. The molecule has 0 radical (unpaired) electrons. The van der Waals surface area contributed by atoms with E-state index in [0.29, 0.717) is 17.9 Å².